The molecule has 6 heteroatoms. The van der Waals surface area contributed by atoms with Gasteiger partial charge in [0, 0.05) is 66.2 Å². The fraction of sp³-hybridized carbons (Fsp3) is 0.296. The fourth-order valence-corrected chi connectivity index (χ4v) is 4.56. The van der Waals surface area contributed by atoms with E-state index in [0.29, 0.717) is 11.1 Å². The zero-order valence-corrected chi connectivity index (χ0v) is 19.9. The van der Waals surface area contributed by atoms with E-state index in [2.05, 4.69) is 47.8 Å². The molecule has 5 nitrogen and oxygen atoms in total. The molecule has 1 saturated heterocycles. The molecule has 1 aromatic rings. The minimum absolute atomic E-state index is 0.186. The Morgan fingerprint density at radius 3 is 2.64 bits per heavy atom. The largest absolute Gasteiger partial charge is 0.376 e. The van der Waals surface area contributed by atoms with Crippen molar-refractivity contribution in [1.29, 1.82) is 0 Å². The number of halogens is 1. The first-order valence-electron chi connectivity index (χ1n) is 11.4. The molecule has 1 aromatic carbocycles. The molecule has 0 radical (unpaired) electrons. The number of benzene rings is 1. The van der Waals surface area contributed by atoms with Crippen molar-refractivity contribution >= 4 is 23.4 Å². The molecule has 1 fully saturated rings. The van der Waals surface area contributed by atoms with Gasteiger partial charge in [-0.15, -0.1) is 0 Å². The number of aliphatic imine (C=N–C) groups is 1. The second-order valence-corrected chi connectivity index (χ2v) is 9.09. The number of likely N-dealkylation sites (tertiary alicyclic amines) is 1. The average molecular weight is 462 g/mol. The Bertz CT molecular complexity index is 1050. The van der Waals surface area contributed by atoms with Gasteiger partial charge >= 0.3 is 0 Å². The molecule has 33 heavy (non-hydrogen) atoms. The molecular formula is C27H32ClN5. The third-order valence-electron chi connectivity index (χ3n) is 6.33. The molecule has 0 bridgehead atoms. The lowest BCUT2D eigenvalue weighted by Gasteiger charge is -2.38. The lowest BCUT2D eigenvalue weighted by atomic mass is 9.98. The Kier molecular flexibility index (Phi) is 7.21. The summed E-state index contributed by atoms with van der Waals surface area (Å²) in [6.45, 7) is 10.3. The molecule has 2 heterocycles. The predicted molar refractivity (Wildman–Crippen MR) is 140 cm³/mol. The third-order valence-corrected chi connectivity index (χ3v) is 6.58. The molecule has 1 aliphatic carbocycles. The van der Waals surface area contributed by atoms with E-state index in [-0.39, 0.29) is 6.04 Å². The lowest BCUT2D eigenvalue weighted by molar-refractivity contribution is 0.245. The molecule has 3 aliphatic rings. The van der Waals surface area contributed by atoms with Crippen molar-refractivity contribution in [3.63, 3.8) is 0 Å². The first kappa shape index (κ1) is 23.1. The van der Waals surface area contributed by atoms with Gasteiger partial charge in [0.2, 0.25) is 0 Å². The van der Waals surface area contributed by atoms with Crippen LogP contribution >= 0.6 is 11.6 Å². The zero-order chi connectivity index (χ0) is 23.4. The summed E-state index contributed by atoms with van der Waals surface area (Å²) >= 11 is 6.05. The number of hydrogen-bond acceptors (Lipinski definition) is 5. The highest BCUT2D eigenvalue weighted by Crippen LogP contribution is 2.28. The van der Waals surface area contributed by atoms with Crippen LogP contribution in [-0.4, -0.2) is 48.2 Å². The van der Waals surface area contributed by atoms with E-state index in [1.807, 2.05) is 48.5 Å². The van der Waals surface area contributed by atoms with Gasteiger partial charge in [-0.05, 0) is 43.0 Å². The van der Waals surface area contributed by atoms with Crippen LogP contribution in [0.5, 0.6) is 0 Å². The second-order valence-electron chi connectivity index (χ2n) is 8.66. The summed E-state index contributed by atoms with van der Waals surface area (Å²) in [4.78, 5) is 9.21. The van der Waals surface area contributed by atoms with Gasteiger partial charge in [-0.1, -0.05) is 55.1 Å². The summed E-state index contributed by atoms with van der Waals surface area (Å²) in [5.74, 6) is 0.828. The maximum atomic E-state index is 6.11. The quantitative estimate of drug-likeness (QED) is 0.636. The van der Waals surface area contributed by atoms with Crippen LogP contribution in [0.1, 0.15) is 24.8 Å². The minimum Gasteiger partial charge on any atom is -0.376 e. The molecule has 4 rings (SSSR count). The maximum absolute atomic E-state index is 6.11. The number of piperidine rings is 1. The maximum Gasteiger partial charge on any atom is 0.140 e. The lowest BCUT2D eigenvalue weighted by Crippen LogP contribution is -2.45. The normalized spacial score (nSPS) is 22.6. The van der Waals surface area contributed by atoms with Crippen LogP contribution < -0.4 is 11.1 Å². The zero-order valence-electron chi connectivity index (χ0n) is 19.2. The van der Waals surface area contributed by atoms with Crippen molar-refractivity contribution in [1.82, 2.24) is 15.1 Å². The standard InChI is InChI=1S/C27H32ClN5/c1-4-24(20-9-11-22(28)12-10-20)27-30-17-21(18-32(27)3)19(2)31-25-7-5-6-8-26(25)33-15-13-23(29)14-16-33/h4-6,8-12,17-18,23,25,31H,1-2,7,13-16,29H2,3H3/b27-24+. The Morgan fingerprint density at radius 1 is 1.24 bits per heavy atom. The molecule has 0 saturated carbocycles. The van der Waals surface area contributed by atoms with E-state index in [9.17, 15) is 0 Å². The molecular weight excluding hydrogens is 430 g/mol. The number of nitrogens with zero attached hydrogens (tertiary/aromatic N) is 3. The van der Waals surface area contributed by atoms with Gasteiger partial charge in [-0.3, -0.25) is 0 Å². The van der Waals surface area contributed by atoms with Crippen molar-refractivity contribution in [2.75, 3.05) is 20.1 Å². The first-order chi connectivity index (χ1) is 16.0. The second kappa shape index (κ2) is 10.3. The summed E-state index contributed by atoms with van der Waals surface area (Å²) in [7, 11) is 1.99. The predicted octanol–water partition coefficient (Wildman–Crippen LogP) is 4.83. The van der Waals surface area contributed by atoms with Crippen LogP contribution in [0.3, 0.4) is 0 Å². The van der Waals surface area contributed by atoms with Crippen molar-refractivity contribution in [2.45, 2.75) is 31.3 Å². The Labute approximate surface area is 202 Å². The molecule has 172 valence electrons. The van der Waals surface area contributed by atoms with Crippen molar-refractivity contribution in [2.24, 2.45) is 10.7 Å². The molecule has 0 amide bonds. The summed E-state index contributed by atoms with van der Waals surface area (Å²) in [5, 5.41) is 4.34. The number of nitrogens with one attached hydrogen (secondary N) is 1. The molecule has 0 spiro atoms. The van der Waals surface area contributed by atoms with Crippen LogP contribution in [0.25, 0.3) is 5.57 Å². The van der Waals surface area contributed by atoms with Crippen LogP contribution in [0.2, 0.25) is 5.02 Å². The number of nitrogens with two attached hydrogens (primary N) is 1. The van der Waals surface area contributed by atoms with Gasteiger partial charge in [-0.25, -0.2) is 4.99 Å². The van der Waals surface area contributed by atoms with Gasteiger partial charge in [0.15, 0.2) is 0 Å². The van der Waals surface area contributed by atoms with Gasteiger partial charge < -0.3 is 20.9 Å². The van der Waals surface area contributed by atoms with Gasteiger partial charge in [-0.2, -0.15) is 0 Å². The van der Waals surface area contributed by atoms with Crippen molar-refractivity contribution in [3.8, 4) is 0 Å². The van der Waals surface area contributed by atoms with E-state index in [1.165, 1.54) is 5.70 Å². The number of rotatable bonds is 6. The summed E-state index contributed by atoms with van der Waals surface area (Å²) < 4.78 is 0. The van der Waals surface area contributed by atoms with E-state index in [0.717, 1.165) is 60.6 Å². The highest BCUT2D eigenvalue weighted by molar-refractivity contribution is 6.30. The van der Waals surface area contributed by atoms with E-state index >= 15 is 0 Å². The Balaban J connectivity index is 1.48. The molecule has 1 atom stereocenters. The topological polar surface area (TPSA) is 56.9 Å². The van der Waals surface area contributed by atoms with Gasteiger partial charge in [0.05, 0.1) is 6.04 Å². The van der Waals surface area contributed by atoms with Crippen LogP contribution in [0, 0.1) is 0 Å². The molecule has 0 aromatic heterocycles. The third kappa shape index (κ3) is 5.32. The SMILES string of the molecule is C=C/C(=C1/N=CC(C(=C)NC2CC=CC=C2N2CCC(N)CC2)=CN1C)c1ccc(Cl)cc1. The molecule has 2 aliphatic heterocycles. The fourth-order valence-electron chi connectivity index (χ4n) is 4.44. The van der Waals surface area contributed by atoms with Crippen LogP contribution in [0.4, 0.5) is 0 Å². The van der Waals surface area contributed by atoms with Crippen LogP contribution in [0.15, 0.2) is 95.7 Å². The van der Waals surface area contributed by atoms with E-state index in [4.69, 9.17) is 22.3 Å². The van der Waals surface area contributed by atoms with Gasteiger partial charge in [0.25, 0.3) is 0 Å². The van der Waals surface area contributed by atoms with Gasteiger partial charge in [0.1, 0.15) is 5.82 Å². The van der Waals surface area contributed by atoms with E-state index < -0.39 is 0 Å². The van der Waals surface area contributed by atoms with Crippen LogP contribution in [-0.2, 0) is 0 Å². The summed E-state index contributed by atoms with van der Waals surface area (Å²) in [5.41, 5.74) is 11.2. The summed E-state index contributed by atoms with van der Waals surface area (Å²) in [6, 6.07) is 8.21. The molecule has 3 N–H and O–H groups in total. The average Bonchev–Trinajstić information content (AvgIpc) is 2.82. The minimum atomic E-state index is 0.186. The van der Waals surface area contributed by atoms with Crippen molar-refractivity contribution in [3.05, 3.63) is 101 Å². The van der Waals surface area contributed by atoms with E-state index in [1.54, 1.807) is 0 Å². The summed E-state index contributed by atoms with van der Waals surface area (Å²) in [6.07, 6.45) is 15.3. The van der Waals surface area contributed by atoms with Crippen molar-refractivity contribution < 1.29 is 0 Å². The number of hydrogen-bond donors (Lipinski definition) is 2. The highest BCUT2D eigenvalue weighted by Gasteiger charge is 2.25. The smallest absolute Gasteiger partial charge is 0.140 e. The first-order valence-corrected chi connectivity index (χ1v) is 11.8. The Morgan fingerprint density at radius 2 is 1.97 bits per heavy atom. The molecule has 1 unspecified atom stereocenters. The highest BCUT2D eigenvalue weighted by atomic mass is 35.5. The monoisotopic (exact) mass is 461 g/mol. The number of allylic oxidation sites excluding steroid dienone is 5. The Hall–Kier alpha value is -3.02.